The topological polar surface area (TPSA) is 83.8 Å². The number of Topliss-reactive ketones (excluding diaryl/α,β-unsaturated/α-hetero) is 1. The second-order valence-corrected chi connectivity index (χ2v) is 7.25. The number of aliphatic hydroxyl groups excluding tert-OH is 1. The molecule has 0 spiro atoms. The first-order valence-corrected chi connectivity index (χ1v) is 9.05. The fourth-order valence-electron chi connectivity index (χ4n) is 3.40. The highest BCUT2D eigenvalue weighted by molar-refractivity contribution is 5.89. The number of carbonyl (C=O) groups excluding carboxylic acids is 2. The molecule has 5 heteroatoms. The highest BCUT2D eigenvalue weighted by Crippen LogP contribution is 2.36. The van der Waals surface area contributed by atoms with Gasteiger partial charge in [-0.15, -0.1) is 0 Å². The molecule has 0 aromatic heterocycles. The lowest BCUT2D eigenvalue weighted by Crippen LogP contribution is -2.20. The Hall–Kier alpha value is -2.16. The third-order valence-corrected chi connectivity index (χ3v) is 5.22. The fraction of sp³-hybridized carbons (Fsp3) is 0.524. The van der Waals surface area contributed by atoms with E-state index in [0.29, 0.717) is 24.8 Å². The van der Waals surface area contributed by atoms with Crippen molar-refractivity contribution in [3.63, 3.8) is 0 Å². The zero-order chi connectivity index (χ0) is 18.7. The van der Waals surface area contributed by atoms with Crippen molar-refractivity contribution in [2.24, 2.45) is 11.8 Å². The van der Waals surface area contributed by atoms with Crippen LogP contribution in [0.4, 0.5) is 0 Å². The predicted octanol–water partition coefficient (Wildman–Crippen LogP) is 1.89. The number of hydrogen-bond acceptors (Lipinski definition) is 5. The number of aliphatic hydroxyl groups is 2. The number of rotatable bonds is 5. The van der Waals surface area contributed by atoms with Crippen LogP contribution in [-0.2, 0) is 16.0 Å². The van der Waals surface area contributed by atoms with Gasteiger partial charge in [-0.25, -0.2) is 4.79 Å². The molecule has 0 amide bonds. The maximum atomic E-state index is 12.2. The monoisotopic (exact) mass is 356 g/mol. The number of methoxy groups -OCH3 is 1. The minimum absolute atomic E-state index is 0.0561. The number of carbonyl (C=O) groups is 2. The molecule has 0 bridgehead atoms. The summed E-state index contributed by atoms with van der Waals surface area (Å²) in [6.07, 6.45) is 2.99. The Kier molecular flexibility index (Phi) is 5.45. The molecule has 2 saturated carbocycles. The van der Waals surface area contributed by atoms with Crippen LogP contribution in [-0.4, -0.2) is 40.8 Å². The van der Waals surface area contributed by atoms with Crippen molar-refractivity contribution in [3.05, 3.63) is 35.4 Å². The zero-order valence-corrected chi connectivity index (χ0v) is 14.9. The van der Waals surface area contributed by atoms with Gasteiger partial charge >= 0.3 is 5.97 Å². The SMILES string of the molecule is COC(=O)c1ccc(CCC[C@H]2C(=O)C[C@@H](O)[C@@H]2C#CC2(O)CC2)cc1. The smallest absolute Gasteiger partial charge is 0.337 e. The standard InChI is InChI=1S/C21H24O5/c1-26-20(24)15-7-5-14(6-8-15)3-2-4-16-17(19(23)13-18(16)22)9-10-21(25)11-12-21/h5-8,16-17,19,23,25H,2-4,11-13H2,1H3/t16-,17-,19-/m1/s1. The normalized spacial score (nSPS) is 26.1. The van der Waals surface area contributed by atoms with Crippen molar-refractivity contribution in [1.29, 1.82) is 0 Å². The van der Waals surface area contributed by atoms with Crippen molar-refractivity contribution in [1.82, 2.24) is 0 Å². The van der Waals surface area contributed by atoms with E-state index in [4.69, 9.17) is 0 Å². The van der Waals surface area contributed by atoms with Crippen LogP contribution >= 0.6 is 0 Å². The van der Waals surface area contributed by atoms with Crippen LogP contribution in [0.1, 0.15) is 48.0 Å². The van der Waals surface area contributed by atoms with E-state index in [1.54, 1.807) is 12.1 Å². The molecule has 3 atom stereocenters. The molecule has 3 rings (SSSR count). The molecule has 5 nitrogen and oxygen atoms in total. The Balaban J connectivity index is 1.56. The van der Waals surface area contributed by atoms with Crippen LogP contribution in [0.15, 0.2) is 24.3 Å². The van der Waals surface area contributed by atoms with Crippen molar-refractivity contribution < 1.29 is 24.5 Å². The summed E-state index contributed by atoms with van der Waals surface area (Å²) in [6.45, 7) is 0. The largest absolute Gasteiger partial charge is 0.465 e. The molecular formula is C21H24O5. The predicted molar refractivity (Wildman–Crippen MR) is 95.3 cm³/mol. The second-order valence-electron chi connectivity index (χ2n) is 7.25. The van der Waals surface area contributed by atoms with Crippen LogP contribution < -0.4 is 0 Å². The molecular weight excluding hydrogens is 332 g/mol. The molecule has 0 aliphatic heterocycles. The molecule has 0 heterocycles. The first-order valence-electron chi connectivity index (χ1n) is 9.05. The van der Waals surface area contributed by atoms with Crippen LogP contribution in [0.3, 0.4) is 0 Å². The van der Waals surface area contributed by atoms with Gasteiger partial charge in [-0.2, -0.15) is 0 Å². The van der Waals surface area contributed by atoms with Crippen molar-refractivity contribution in [3.8, 4) is 11.8 Å². The average molecular weight is 356 g/mol. The van der Waals surface area contributed by atoms with Gasteiger partial charge in [-0.1, -0.05) is 24.0 Å². The third kappa shape index (κ3) is 4.32. The molecule has 0 radical (unpaired) electrons. The molecule has 2 fully saturated rings. The summed E-state index contributed by atoms with van der Waals surface area (Å²) in [5.74, 6) is 4.85. The molecule has 26 heavy (non-hydrogen) atoms. The second kappa shape index (κ2) is 7.61. The van der Waals surface area contributed by atoms with Gasteiger partial charge in [0, 0.05) is 12.3 Å². The maximum absolute atomic E-state index is 12.2. The van der Waals surface area contributed by atoms with Crippen molar-refractivity contribution in [2.75, 3.05) is 7.11 Å². The minimum atomic E-state index is -0.892. The Morgan fingerprint density at radius 2 is 2.00 bits per heavy atom. The van der Waals surface area contributed by atoms with E-state index < -0.39 is 11.7 Å². The van der Waals surface area contributed by atoms with E-state index in [0.717, 1.165) is 18.4 Å². The van der Waals surface area contributed by atoms with E-state index in [9.17, 15) is 19.8 Å². The van der Waals surface area contributed by atoms with E-state index in [1.807, 2.05) is 12.1 Å². The summed E-state index contributed by atoms with van der Waals surface area (Å²) in [5, 5.41) is 20.0. The number of ketones is 1. The van der Waals surface area contributed by atoms with Gasteiger partial charge in [0.15, 0.2) is 0 Å². The van der Waals surface area contributed by atoms with Crippen LogP contribution in [0.2, 0.25) is 0 Å². The minimum Gasteiger partial charge on any atom is -0.465 e. The first kappa shape index (κ1) is 18.6. The van der Waals surface area contributed by atoms with Crippen LogP contribution in [0, 0.1) is 23.7 Å². The summed E-state index contributed by atoms with van der Waals surface area (Å²) in [7, 11) is 1.35. The molecule has 2 aliphatic carbocycles. The van der Waals surface area contributed by atoms with Crippen LogP contribution in [0.5, 0.6) is 0 Å². The highest BCUT2D eigenvalue weighted by Gasteiger charge is 2.42. The Bertz CT molecular complexity index is 736. The summed E-state index contributed by atoms with van der Waals surface area (Å²) in [5.41, 5.74) is 0.703. The number of ether oxygens (including phenoxy) is 1. The van der Waals surface area contributed by atoms with Gasteiger partial charge in [0.1, 0.15) is 11.4 Å². The summed E-state index contributed by atoms with van der Waals surface area (Å²) < 4.78 is 4.68. The average Bonchev–Trinajstić information content (AvgIpc) is 3.30. The number of aryl methyl sites for hydroxylation is 1. The molecule has 0 unspecified atom stereocenters. The number of hydrogen-bond donors (Lipinski definition) is 2. The van der Waals surface area contributed by atoms with Gasteiger partial charge in [0.2, 0.25) is 0 Å². The first-order chi connectivity index (χ1) is 12.4. The van der Waals surface area contributed by atoms with Crippen molar-refractivity contribution in [2.45, 2.75) is 50.2 Å². The number of benzene rings is 1. The fourth-order valence-corrected chi connectivity index (χ4v) is 3.40. The molecule has 0 saturated heterocycles. The lowest BCUT2D eigenvalue weighted by molar-refractivity contribution is -0.121. The van der Waals surface area contributed by atoms with Gasteiger partial charge in [-0.05, 0) is 49.8 Å². The molecule has 1 aromatic carbocycles. The lowest BCUT2D eigenvalue weighted by Gasteiger charge is -2.15. The van der Waals surface area contributed by atoms with E-state index >= 15 is 0 Å². The lowest BCUT2D eigenvalue weighted by atomic mass is 9.89. The molecule has 1 aromatic rings. The molecule has 2 aliphatic rings. The summed E-state index contributed by atoms with van der Waals surface area (Å²) in [6, 6.07) is 7.24. The van der Waals surface area contributed by atoms with E-state index in [-0.39, 0.29) is 30.0 Å². The maximum Gasteiger partial charge on any atom is 0.337 e. The van der Waals surface area contributed by atoms with E-state index in [1.165, 1.54) is 7.11 Å². The van der Waals surface area contributed by atoms with Crippen LogP contribution in [0.25, 0.3) is 0 Å². The van der Waals surface area contributed by atoms with Gasteiger partial charge in [-0.3, -0.25) is 4.79 Å². The summed E-state index contributed by atoms with van der Waals surface area (Å²) >= 11 is 0. The van der Waals surface area contributed by atoms with Gasteiger partial charge in [0.05, 0.1) is 24.7 Å². The zero-order valence-electron chi connectivity index (χ0n) is 14.9. The highest BCUT2D eigenvalue weighted by atomic mass is 16.5. The van der Waals surface area contributed by atoms with Gasteiger partial charge < -0.3 is 14.9 Å². The Labute approximate surface area is 153 Å². The van der Waals surface area contributed by atoms with E-state index in [2.05, 4.69) is 16.6 Å². The summed E-state index contributed by atoms with van der Waals surface area (Å²) in [4.78, 5) is 23.6. The Morgan fingerprint density at radius 1 is 1.31 bits per heavy atom. The number of esters is 1. The molecule has 138 valence electrons. The third-order valence-electron chi connectivity index (χ3n) is 5.22. The molecule has 2 N–H and O–H groups in total. The van der Waals surface area contributed by atoms with Crippen molar-refractivity contribution >= 4 is 11.8 Å². The Morgan fingerprint density at radius 3 is 2.62 bits per heavy atom. The quantitative estimate of drug-likeness (QED) is 0.622. The van der Waals surface area contributed by atoms with Gasteiger partial charge in [0.25, 0.3) is 0 Å².